The van der Waals surface area contributed by atoms with Crippen molar-refractivity contribution in [3.63, 3.8) is 0 Å². The summed E-state index contributed by atoms with van der Waals surface area (Å²) in [5.41, 5.74) is 1.15. The summed E-state index contributed by atoms with van der Waals surface area (Å²) in [6, 6.07) is 12.5. The normalized spacial score (nSPS) is 9.71. The van der Waals surface area contributed by atoms with E-state index in [2.05, 4.69) is 21.2 Å². The lowest BCUT2D eigenvalue weighted by atomic mass is 10.1. The molecule has 0 heterocycles. The van der Waals surface area contributed by atoms with Gasteiger partial charge in [0.05, 0.1) is 16.8 Å². The maximum absolute atomic E-state index is 12.1. The zero-order chi connectivity index (χ0) is 15.4. The Balaban J connectivity index is 2.22. The van der Waals surface area contributed by atoms with Crippen molar-refractivity contribution in [3.05, 3.63) is 63.6 Å². The molecule has 0 unspecified atom stereocenters. The summed E-state index contributed by atoms with van der Waals surface area (Å²) in [5.74, 6) is -1.47. The minimum Gasteiger partial charge on any atom is -0.478 e. The maximum Gasteiger partial charge on any atom is 0.335 e. The van der Waals surface area contributed by atoms with Gasteiger partial charge in [0.2, 0.25) is 0 Å². The first-order valence-corrected chi connectivity index (χ1v) is 6.65. The van der Waals surface area contributed by atoms with Gasteiger partial charge in [-0.05, 0) is 42.5 Å². The van der Waals surface area contributed by atoms with Crippen LogP contribution in [0.4, 0.5) is 5.69 Å². The molecule has 0 aromatic heterocycles. The van der Waals surface area contributed by atoms with Crippen LogP contribution >= 0.6 is 15.9 Å². The summed E-state index contributed by atoms with van der Waals surface area (Å²) in [7, 11) is 0. The van der Waals surface area contributed by atoms with Gasteiger partial charge in [0.25, 0.3) is 5.91 Å². The molecule has 2 aromatic rings. The molecule has 0 saturated carbocycles. The lowest BCUT2D eigenvalue weighted by molar-refractivity contribution is 0.0696. The predicted molar refractivity (Wildman–Crippen MR) is 80.2 cm³/mol. The van der Waals surface area contributed by atoms with Crippen LogP contribution in [-0.4, -0.2) is 17.0 Å². The van der Waals surface area contributed by atoms with Gasteiger partial charge in [-0.2, -0.15) is 5.26 Å². The fourth-order valence-corrected chi connectivity index (χ4v) is 2.04. The van der Waals surface area contributed by atoms with E-state index in [1.54, 1.807) is 18.2 Å². The van der Waals surface area contributed by atoms with Gasteiger partial charge in [0.15, 0.2) is 0 Å². The van der Waals surface area contributed by atoms with Gasteiger partial charge in [-0.1, -0.05) is 15.9 Å². The number of anilines is 1. The fraction of sp³-hybridized carbons (Fsp3) is 0. The minimum atomic E-state index is -1.05. The van der Waals surface area contributed by atoms with E-state index in [9.17, 15) is 9.59 Å². The van der Waals surface area contributed by atoms with E-state index >= 15 is 0 Å². The molecule has 0 bridgehead atoms. The first-order chi connectivity index (χ1) is 10.0. The number of nitrogens with one attached hydrogen (secondary N) is 1. The van der Waals surface area contributed by atoms with Crippen molar-refractivity contribution in [1.82, 2.24) is 0 Å². The van der Waals surface area contributed by atoms with Crippen molar-refractivity contribution in [3.8, 4) is 6.07 Å². The van der Waals surface area contributed by atoms with E-state index in [4.69, 9.17) is 10.4 Å². The number of nitrogens with zero attached hydrogens (tertiary/aromatic N) is 1. The highest BCUT2D eigenvalue weighted by molar-refractivity contribution is 9.10. The van der Waals surface area contributed by atoms with Crippen LogP contribution in [0.2, 0.25) is 0 Å². The van der Waals surface area contributed by atoms with Crippen molar-refractivity contribution < 1.29 is 14.7 Å². The van der Waals surface area contributed by atoms with Gasteiger partial charge in [0, 0.05) is 10.0 Å². The highest BCUT2D eigenvalue weighted by Crippen LogP contribution is 2.21. The van der Waals surface area contributed by atoms with Crippen LogP contribution < -0.4 is 5.32 Å². The molecule has 21 heavy (non-hydrogen) atoms. The van der Waals surface area contributed by atoms with Gasteiger partial charge in [-0.3, -0.25) is 4.79 Å². The summed E-state index contributed by atoms with van der Waals surface area (Å²) < 4.78 is 0.739. The molecule has 0 aliphatic carbocycles. The van der Waals surface area contributed by atoms with Gasteiger partial charge in [0.1, 0.15) is 6.07 Å². The molecule has 5 nitrogen and oxygen atoms in total. The van der Waals surface area contributed by atoms with Gasteiger partial charge in [-0.25, -0.2) is 4.79 Å². The van der Waals surface area contributed by atoms with E-state index < -0.39 is 11.9 Å². The maximum atomic E-state index is 12.1. The fourth-order valence-electron chi connectivity index (χ4n) is 1.68. The van der Waals surface area contributed by atoms with Gasteiger partial charge >= 0.3 is 5.97 Å². The van der Waals surface area contributed by atoms with Crippen molar-refractivity contribution >= 4 is 33.5 Å². The Labute approximate surface area is 129 Å². The number of aromatic carboxylic acids is 1. The lowest BCUT2D eigenvalue weighted by Crippen LogP contribution is -2.13. The number of nitriles is 1. The largest absolute Gasteiger partial charge is 0.478 e. The van der Waals surface area contributed by atoms with Crippen molar-refractivity contribution in [2.24, 2.45) is 0 Å². The summed E-state index contributed by atoms with van der Waals surface area (Å²) in [5, 5.41) is 20.5. The third kappa shape index (κ3) is 3.46. The van der Waals surface area contributed by atoms with E-state index in [1.807, 2.05) is 6.07 Å². The number of benzene rings is 2. The number of hydrogen-bond donors (Lipinski definition) is 2. The molecule has 0 radical (unpaired) electrons. The quantitative estimate of drug-likeness (QED) is 0.893. The molecule has 0 fully saturated rings. The Hall–Kier alpha value is -2.65. The number of rotatable bonds is 3. The summed E-state index contributed by atoms with van der Waals surface area (Å²) >= 11 is 3.25. The molecule has 2 rings (SSSR count). The van der Waals surface area contributed by atoms with Crippen molar-refractivity contribution in [1.29, 1.82) is 5.26 Å². The number of halogens is 1. The summed E-state index contributed by atoms with van der Waals surface area (Å²) in [4.78, 5) is 22.8. The number of carbonyl (C=O) groups is 2. The van der Waals surface area contributed by atoms with Crippen molar-refractivity contribution in [2.75, 3.05) is 5.32 Å². The SMILES string of the molecule is N#Cc1cc(Br)ccc1NC(=O)c1ccc(C(=O)O)cc1. The standard InChI is InChI=1S/C15H9BrN2O3/c16-12-5-6-13(11(7-12)8-17)18-14(19)9-1-3-10(4-2-9)15(20)21/h1-7H,(H,18,19)(H,20,21). The second-order valence-electron chi connectivity index (χ2n) is 4.14. The molecule has 0 aliphatic heterocycles. The molecule has 2 N–H and O–H groups in total. The van der Waals surface area contributed by atoms with Crippen LogP contribution in [-0.2, 0) is 0 Å². The topological polar surface area (TPSA) is 90.2 Å². The molecule has 2 aromatic carbocycles. The van der Waals surface area contributed by atoms with Crippen LogP contribution in [0, 0.1) is 11.3 Å². The number of carboxylic acids is 1. The van der Waals surface area contributed by atoms with Crippen molar-refractivity contribution in [2.45, 2.75) is 0 Å². The molecule has 0 spiro atoms. The van der Waals surface area contributed by atoms with E-state index in [1.165, 1.54) is 24.3 Å². The third-order valence-electron chi connectivity index (χ3n) is 2.74. The second-order valence-corrected chi connectivity index (χ2v) is 5.05. The Morgan fingerprint density at radius 1 is 1.10 bits per heavy atom. The van der Waals surface area contributed by atoms with Gasteiger partial charge < -0.3 is 10.4 Å². The summed E-state index contributed by atoms with van der Waals surface area (Å²) in [6.45, 7) is 0. The molecular weight excluding hydrogens is 336 g/mol. The highest BCUT2D eigenvalue weighted by atomic mass is 79.9. The Morgan fingerprint density at radius 3 is 2.29 bits per heavy atom. The minimum absolute atomic E-state index is 0.105. The number of hydrogen-bond acceptors (Lipinski definition) is 3. The van der Waals surface area contributed by atoms with E-state index in [0.717, 1.165) is 4.47 Å². The van der Waals surface area contributed by atoms with Crippen LogP contribution in [0.5, 0.6) is 0 Å². The average molecular weight is 345 g/mol. The average Bonchev–Trinajstić information content (AvgIpc) is 2.49. The van der Waals surface area contributed by atoms with Crippen LogP contribution in [0.15, 0.2) is 46.9 Å². The van der Waals surface area contributed by atoms with Crippen LogP contribution in [0.3, 0.4) is 0 Å². The van der Waals surface area contributed by atoms with Gasteiger partial charge in [-0.15, -0.1) is 0 Å². The summed E-state index contributed by atoms with van der Waals surface area (Å²) in [6.07, 6.45) is 0. The molecule has 1 amide bonds. The highest BCUT2D eigenvalue weighted by Gasteiger charge is 2.10. The first-order valence-electron chi connectivity index (χ1n) is 5.85. The number of carboxylic acid groups (broad SMARTS) is 1. The number of carbonyl (C=O) groups excluding carboxylic acids is 1. The zero-order valence-corrected chi connectivity index (χ0v) is 12.2. The number of amides is 1. The molecule has 0 atom stereocenters. The Kier molecular flexibility index (Phi) is 4.36. The molecule has 0 aliphatic rings. The smallest absolute Gasteiger partial charge is 0.335 e. The van der Waals surface area contributed by atoms with Crippen LogP contribution in [0.25, 0.3) is 0 Å². The van der Waals surface area contributed by atoms with Crippen LogP contribution in [0.1, 0.15) is 26.3 Å². The Bertz CT molecular complexity index is 749. The molecule has 104 valence electrons. The second kappa shape index (κ2) is 6.20. The Morgan fingerprint density at radius 2 is 1.71 bits per heavy atom. The predicted octanol–water partition coefficient (Wildman–Crippen LogP) is 3.27. The first kappa shape index (κ1) is 14.8. The zero-order valence-electron chi connectivity index (χ0n) is 10.6. The third-order valence-corrected chi connectivity index (χ3v) is 3.24. The molecule has 6 heteroatoms. The monoisotopic (exact) mass is 344 g/mol. The molecule has 0 saturated heterocycles. The lowest BCUT2D eigenvalue weighted by Gasteiger charge is -2.07. The van der Waals surface area contributed by atoms with E-state index in [0.29, 0.717) is 16.8 Å². The van der Waals surface area contributed by atoms with E-state index in [-0.39, 0.29) is 5.56 Å². The molecular formula is C15H9BrN2O3.